The first-order valence-electron chi connectivity index (χ1n) is 9.35. The number of hydrogen-bond donors (Lipinski definition) is 2. The average molecular weight is 413 g/mol. The fourth-order valence-electron chi connectivity index (χ4n) is 2.82. The van der Waals surface area contributed by atoms with E-state index in [-0.39, 0.29) is 4.90 Å². The van der Waals surface area contributed by atoms with E-state index in [1.165, 1.54) is 6.21 Å². The van der Waals surface area contributed by atoms with Crippen molar-refractivity contribution in [1.82, 2.24) is 15.0 Å². The molecule has 29 heavy (non-hydrogen) atoms. The topological polar surface area (TPSA) is 96.4 Å². The highest BCUT2D eigenvalue weighted by molar-refractivity contribution is 7.89. The van der Waals surface area contributed by atoms with Crippen molar-refractivity contribution in [1.29, 1.82) is 0 Å². The number of unbranched alkanes of at least 4 members (excludes halogenated alkanes) is 1. The van der Waals surface area contributed by atoms with Crippen molar-refractivity contribution in [2.24, 2.45) is 5.10 Å². The molecule has 0 saturated heterocycles. The lowest BCUT2D eigenvalue weighted by Crippen LogP contribution is -2.18. The predicted octanol–water partition coefficient (Wildman–Crippen LogP) is 3.74. The van der Waals surface area contributed by atoms with E-state index in [0.717, 1.165) is 41.8 Å². The van der Waals surface area contributed by atoms with Gasteiger partial charge < -0.3 is 4.74 Å². The van der Waals surface area contributed by atoms with Crippen LogP contribution in [0.15, 0.2) is 64.7 Å². The van der Waals surface area contributed by atoms with Crippen molar-refractivity contribution in [3.8, 4) is 17.0 Å². The Bertz CT molecular complexity index is 1060. The Labute approximate surface area is 170 Å². The van der Waals surface area contributed by atoms with Gasteiger partial charge in [0.2, 0.25) is 0 Å². The SMILES string of the molecule is CCCCc1ccc(S(=O)(=O)N/N=C\c2cn[nH]c2-c2ccc(OC)cc2)cc1. The molecule has 0 unspecified atom stereocenters. The van der Waals surface area contributed by atoms with Crippen LogP contribution in [0.4, 0.5) is 0 Å². The van der Waals surface area contributed by atoms with Crippen LogP contribution in [0.2, 0.25) is 0 Å². The van der Waals surface area contributed by atoms with E-state index in [0.29, 0.717) is 5.56 Å². The molecule has 7 nitrogen and oxygen atoms in total. The largest absolute Gasteiger partial charge is 0.497 e. The van der Waals surface area contributed by atoms with Gasteiger partial charge in [0.05, 0.1) is 30.1 Å². The third-order valence-corrected chi connectivity index (χ3v) is 5.72. The van der Waals surface area contributed by atoms with Gasteiger partial charge in [-0.05, 0) is 54.8 Å². The fourth-order valence-corrected chi connectivity index (χ4v) is 3.61. The highest BCUT2D eigenvalue weighted by Crippen LogP contribution is 2.22. The number of rotatable bonds is 9. The van der Waals surface area contributed by atoms with Gasteiger partial charge in [0.15, 0.2) is 0 Å². The van der Waals surface area contributed by atoms with Crippen LogP contribution in [0.1, 0.15) is 30.9 Å². The first kappa shape index (κ1) is 20.6. The molecule has 0 aliphatic carbocycles. The summed E-state index contributed by atoms with van der Waals surface area (Å²) in [6.45, 7) is 2.13. The Morgan fingerprint density at radius 1 is 1.14 bits per heavy atom. The molecule has 2 N–H and O–H groups in total. The smallest absolute Gasteiger partial charge is 0.276 e. The molecule has 3 rings (SSSR count). The minimum absolute atomic E-state index is 0.178. The number of aryl methyl sites for hydroxylation is 1. The molecule has 0 aliphatic heterocycles. The van der Waals surface area contributed by atoms with E-state index in [1.807, 2.05) is 36.4 Å². The molecular weight excluding hydrogens is 388 g/mol. The second kappa shape index (κ2) is 9.38. The van der Waals surface area contributed by atoms with Crippen LogP contribution in [0.3, 0.4) is 0 Å². The van der Waals surface area contributed by atoms with E-state index in [1.54, 1.807) is 25.4 Å². The molecule has 0 radical (unpaired) electrons. The van der Waals surface area contributed by atoms with Gasteiger partial charge in [0.1, 0.15) is 5.75 Å². The summed E-state index contributed by atoms with van der Waals surface area (Å²) in [6.07, 6.45) is 6.13. The summed E-state index contributed by atoms with van der Waals surface area (Å²) in [6, 6.07) is 14.3. The van der Waals surface area contributed by atoms with E-state index in [4.69, 9.17) is 4.74 Å². The van der Waals surface area contributed by atoms with Gasteiger partial charge in [0.25, 0.3) is 10.0 Å². The molecular formula is C21H24N4O3S. The lowest BCUT2D eigenvalue weighted by Gasteiger charge is -2.05. The molecule has 152 valence electrons. The van der Waals surface area contributed by atoms with E-state index >= 15 is 0 Å². The lowest BCUT2D eigenvalue weighted by atomic mass is 10.1. The molecule has 2 aromatic carbocycles. The number of hydrazone groups is 1. The third-order valence-electron chi connectivity index (χ3n) is 4.48. The van der Waals surface area contributed by atoms with Crippen LogP contribution in [0.5, 0.6) is 5.75 Å². The van der Waals surface area contributed by atoms with Crippen molar-refractivity contribution < 1.29 is 13.2 Å². The quantitative estimate of drug-likeness (QED) is 0.413. The first-order valence-corrected chi connectivity index (χ1v) is 10.8. The minimum Gasteiger partial charge on any atom is -0.497 e. The first-order chi connectivity index (χ1) is 14.0. The zero-order valence-corrected chi connectivity index (χ0v) is 17.2. The number of ether oxygens (including phenoxy) is 1. The molecule has 0 spiro atoms. The molecule has 3 aromatic rings. The monoisotopic (exact) mass is 412 g/mol. The van der Waals surface area contributed by atoms with Gasteiger partial charge in [-0.1, -0.05) is 25.5 Å². The van der Waals surface area contributed by atoms with Crippen molar-refractivity contribution in [2.45, 2.75) is 31.1 Å². The van der Waals surface area contributed by atoms with Crippen LogP contribution in [0, 0.1) is 0 Å². The molecule has 0 aliphatic rings. The Kier molecular flexibility index (Phi) is 6.66. The Balaban J connectivity index is 1.70. The molecule has 0 fully saturated rings. The number of H-pyrrole nitrogens is 1. The van der Waals surface area contributed by atoms with Crippen LogP contribution >= 0.6 is 0 Å². The minimum atomic E-state index is -3.73. The van der Waals surface area contributed by atoms with Crippen LogP contribution < -0.4 is 9.57 Å². The zero-order valence-electron chi connectivity index (χ0n) is 16.4. The molecule has 0 amide bonds. The van der Waals surface area contributed by atoms with Crippen LogP contribution in [0.25, 0.3) is 11.3 Å². The highest BCUT2D eigenvalue weighted by atomic mass is 32.2. The summed E-state index contributed by atoms with van der Waals surface area (Å²) < 4.78 is 30.1. The van der Waals surface area contributed by atoms with E-state index in [9.17, 15) is 8.42 Å². The second-order valence-corrected chi connectivity index (χ2v) is 8.19. The summed E-state index contributed by atoms with van der Waals surface area (Å²) in [5, 5.41) is 10.8. The van der Waals surface area contributed by atoms with E-state index < -0.39 is 10.0 Å². The number of nitrogens with one attached hydrogen (secondary N) is 2. The maximum absolute atomic E-state index is 12.4. The van der Waals surface area contributed by atoms with Gasteiger partial charge in [-0.3, -0.25) is 5.10 Å². The normalized spacial score (nSPS) is 11.7. The molecule has 8 heteroatoms. The molecule has 0 atom stereocenters. The summed E-state index contributed by atoms with van der Waals surface area (Å²) in [5.74, 6) is 0.747. The summed E-state index contributed by atoms with van der Waals surface area (Å²) in [7, 11) is -2.13. The summed E-state index contributed by atoms with van der Waals surface area (Å²) in [4.78, 5) is 2.43. The van der Waals surface area contributed by atoms with Crippen molar-refractivity contribution in [3.05, 3.63) is 65.9 Å². The average Bonchev–Trinajstić information content (AvgIpc) is 3.21. The molecule has 1 heterocycles. The highest BCUT2D eigenvalue weighted by Gasteiger charge is 2.13. The van der Waals surface area contributed by atoms with Gasteiger partial charge in [0, 0.05) is 11.1 Å². The van der Waals surface area contributed by atoms with Crippen molar-refractivity contribution in [2.75, 3.05) is 7.11 Å². The molecule has 1 aromatic heterocycles. The number of benzene rings is 2. The Morgan fingerprint density at radius 3 is 2.52 bits per heavy atom. The van der Waals surface area contributed by atoms with Crippen molar-refractivity contribution >= 4 is 16.2 Å². The van der Waals surface area contributed by atoms with Crippen molar-refractivity contribution in [3.63, 3.8) is 0 Å². The Morgan fingerprint density at radius 2 is 1.86 bits per heavy atom. The summed E-state index contributed by atoms with van der Waals surface area (Å²) >= 11 is 0. The predicted molar refractivity (Wildman–Crippen MR) is 114 cm³/mol. The van der Waals surface area contributed by atoms with Crippen LogP contribution in [-0.2, 0) is 16.4 Å². The maximum atomic E-state index is 12.4. The molecule has 0 bridgehead atoms. The standard InChI is InChI=1S/C21H24N4O3S/c1-3-4-5-16-6-12-20(13-7-16)29(26,27)25-23-15-18-14-22-24-21(18)17-8-10-19(28-2)11-9-17/h6-15,25H,3-5H2,1-2H3,(H,22,24)/b23-15-. The van der Waals surface area contributed by atoms with Gasteiger partial charge in [-0.2, -0.15) is 18.6 Å². The number of aromatic nitrogens is 2. The number of nitrogens with zero attached hydrogens (tertiary/aromatic N) is 2. The van der Waals surface area contributed by atoms with Gasteiger partial charge in [-0.25, -0.2) is 4.83 Å². The maximum Gasteiger partial charge on any atom is 0.276 e. The fraction of sp³-hybridized carbons (Fsp3) is 0.238. The summed E-state index contributed by atoms with van der Waals surface area (Å²) in [5.41, 5.74) is 3.40. The lowest BCUT2D eigenvalue weighted by molar-refractivity contribution is 0.415. The zero-order chi connectivity index (χ0) is 20.7. The number of methoxy groups -OCH3 is 1. The third kappa shape index (κ3) is 5.23. The number of aromatic amines is 1. The van der Waals surface area contributed by atoms with Gasteiger partial charge in [-0.15, -0.1) is 0 Å². The second-order valence-electron chi connectivity index (χ2n) is 6.53. The molecule has 0 saturated carbocycles. The number of hydrogen-bond acceptors (Lipinski definition) is 5. The number of sulfonamides is 1. The van der Waals surface area contributed by atoms with E-state index in [2.05, 4.69) is 27.1 Å². The Hall–Kier alpha value is -3.13. The van der Waals surface area contributed by atoms with Gasteiger partial charge >= 0.3 is 0 Å². The van der Waals surface area contributed by atoms with Crippen LogP contribution in [-0.4, -0.2) is 31.9 Å².